The van der Waals surface area contributed by atoms with E-state index in [1.807, 2.05) is 12.1 Å². The van der Waals surface area contributed by atoms with Crippen molar-refractivity contribution in [2.75, 3.05) is 0 Å². The smallest absolute Gasteiger partial charge is 0.310 e. The maximum atomic E-state index is 8.46. The van der Waals surface area contributed by atoms with E-state index >= 15 is 0 Å². The first-order chi connectivity index (χ1) is 7.38. The van der Waals surface area contributed by atoms with Crippen molar-refractivity contribution < 1.29 is 9.46 Å². The summed E-state index contributed by atoms with van der Waals surface area (Å²) in [5, 5.41) is 0. The van der Waals surface area contributed by atoms with Crippen LogP contribution in [0.25, 0.3) is 11.1 Å². The van der Waals surface area contributed by atoms with Crippen LogP contribution in [-0.2, 0) is 4.57 Å². The van der Waals surface area contributed by atoms with Crippen LogP contribution in [0.3, 0.4) is 0 Å². The second-order valence-electron chi connectivity index (χ2n) is 2.81. The third-order valence-corrected chi connectivity index (χ3v) is 1.88. The molecule has 0 aromatic heterocycles. The first kappa shape index (κ1) is 11.6. The van der Waals surface area contributed by atoms with Gasteiger partial charge in [-0.15, -0.1) is 0 Å². The Hall–Kier alpha value is -1.50. The van der Waals surface area contributed by atoms with E-state index in [1.54, 1.807) is 0 Å². The second kappa shape index (κ2) is 6.88. The molecule has 76 valence electrons. The standard InChI is InChI=1S/C12H10.HO2P/c1-3-7-11(8-4-1)12-9-5-2-6-10-12;1-3-2/h1-10H;(H,1,2). The Balaban J connectivity index is 0.000000337. The lowest BCUT2D eigenvalue weighted by molar-refractivity contribution is 0.524. The summed E-state index contributed by atoms with van der Waals surface area (Å²) in [4.78, 5) is 6.99. The molecule has 1 N–H and O–H groups in total. The van der Waals surface area contributed by atoms with E-state index in [9.17, 15) is 0 Å². The quantitative estimate of drug-likeness (QED) is 0.743. The average molecular weight is 218 g/mol. The molecule has 0 radical (unpaired) electrons. The van der Waals surface area contributed by atoms with Gasteiger partial charge in [0, 0.05) is 0 Å². The van der Waals surface area contributed by atoms with Gasteiger partial charge in [-0.1, -0.05) is 60.7 Å². The van der Waals surface area contributed by atoms with Crippen LogP contribution in [0.4, 0.5) is 0 Å². The van der Waals surface area contributed by atoms with Gasteiger partial charge in [0.25, 0.3) is 0 Å². The van der Waals surface area contributed by atoms with Crippen LogP contribution >= 0.6 is 8.69 Å². The van der Waals surface area contributed by atoms with Crippen LogP contribution in [0.1, 0.15) is 0 Å². The molecule has 0 aliphatic carbocycles. The Morgan fingerprint density at radius 3 is 1.27 bits per heavy atom. The van der Waals surface area contributed by atoms with E-state index in [2.05, 4.69) is 48.5 Å². The van der Waals surface area contributed by atoms with Gasteiger partial charge < -0.3 is 4.89 Å². The summed E-state index contributed by atoms with van der Waals surface area (Å²) in [5.41, 5.74) is 2.55. The van der Waals surface area contributed by atoms with Crippen molar-refractivity contribution in [1.82, 2.24) is 0 Å². The van der Waals surface area contributed by atoms with Crippen molar-refractivity contribution >= 4 is 8.69 Å². The van der Waals surface area contributed by atoms with Crippen LogP contribution in [0.2, 0.25) is 0 Å². The van der Waals surface area contributed by atoms with Crippen molar-refractivity contribution in [3.8, 4) is 11.1 Å². The highest BCUT2D eigenvalue weighted by molar-refractivity contribution is 7.16. The lowest BCUT2D eigenvalue weighted by atomic mass is 10.1. The van der Waals surface area contributed by atoms with E-state index in [1.165, 1.54) is 11.1 Å². The average Bonchev–Trinajstić information content (AvgIpc) is 2.32. The molecule has 0 spiro atoms. The highest BCUT2D eigenvalue weighted by Gasteiger charge is 1.91. The van der Waals surface area contributed by atoms with Gasteiger partial charge in [-0.25, -0.2) is 4.57 Å². The van der Waals surface area contributed by atoms with Gasteiger partial charge in [0.1, 0.15) is 0 Å². The van der Waals surface area contributed by atoms with Gasteiger partial charge in [-0.2, -0.15) is 0 Å². The van der Waals surface area contributed by atoms with Gasteiger partial charge in [-0.05, 0) is 11.1 Å². The highest BCUT2D eigenvalue weighted by atomic mass is 31.1. The van der Waals surface area contributed by atoms with Gasteiger partial charge >= 0.3 is 8.69 Å². The van der Waals surface area contributed by atoms with E-state index < -0.39 is 8.69 Å². The molecule has 2 aromatic carbocycles. The minimum atomic E-state index is -0.833. The molecule has 0 aliphatic heterocycles. The molecule has 0 saturated heterocycles. The Bertz CT molecular complexity index is 349. The van der Waals surface area contributed by atoms with Gasteiger partial charge in [-0.3, -0.25) is 0 Å². The van der Waals surface area contributed by atoms with Crippen LogP contribution in [0.5, 0.6) is 0 Å². The zero-order valence-electron chi connectivity index (χ0n) is 8.08. The molecule has 2 nitrogen and oxygen atoms in total. The SMILES string of the molecule is O=PO.c1ccc(-c2ccccc2)cc1. The summed E-state index contributed by atoms with van der Waals surface area (Å²) in [6, 6.07) is 20.8. The zero-order chi connectivity index (χ0) is 10.9. The fraction of sp³-hybridized carbons (Fsp3) is 0. The van der Waals surface area contributed by atoms with E-state index in [0.29, 0.717) is 0 Å². The molecular formula is C12H11O2P. The van der Waals surface area contributed by atoms with Crippen molar-refractivity contribution in [1.29, 1.82) is 0 Å². The molecule has 2 rings (SSSR count). The molecule has 0 fully saturated rings. The second-order valence-corrected chi connectivity index (χ2v) is 2.98. The molecule has 0 aliphatic rings. The fourth-order valence-electron chi connectivity index (χ4n) is 1.26. The van der Waals surface area contributed by atoms with Crippen molar-refractivity contribution in [3.63, 3.8) is 0 Å². The molecule has 3 heteroatoms. The first-order valence-electron chi connectivity index (χ1n) is 4.45. The molecule has 0 unspecified atom stereocenters. The Kier molecular flexibility index (Phi) is 5.31. The third kappa shape index (κ3) is 4.03. The predicted molar refractivity (Wildman–Crippen MR) is 61.7 cm³/mol. The summed E-state index contributed by atoms with van der Waals surface area (Å²) >= 11 is 0. The van der Waals surface area contributed by atoms with E-state index in [0.717, 1.165) is 0 Å². The summed E-state index contributed by atoms with van der Waals surface area (Å²) < 4.78 is 8.46. The zero-order valence-corrected chi connectivity index (χ0v) is 8.97. The summed E-state index contributed by atoms with van der Waals surface area (Å²) in [7, 11) is -0.833. The fourth-order valence-corrected chi connectivity index (χ4v) is 1.26. The van der Waals surface area contributed by atoms with Crippen LogP contribution < -0.4 is 0 Å². The minimum Gasteiger partial charge on any atom is -0.310 e. The highest BCUT2D eigenvalue weighted by Crippen LogP contribution is 2.17. The molecule has 0 heterocycles. The van der Waals surface area contributed by atoms with Crippen molar-refractivity contribution in [2.45, 2.75) is 0 Å². The number of rotatable bonds is 1. The lowest BCUT2D eigenvalue weighted by Gasteiger charge is -1.98. The lowest BCUT2D eigenvalue weighted by Crippen LogP contribution is -1.73. The number of benzene rings is 2. The third-order valence-electron chi connectivity index (χ3n) is 1.88. The Morgan fingerprint density at radius 1 is 0.733 bits per heavy atom. The molecule has 0 saturated carbocycles. The summed E-state index contributed by atoms with van der Waals surface area (Å²) in [6.07, 6.45) is 0. The van der Waals surface area contributed by atoms with E-state index in [-0.39, 0.29) is 0 Å². The number of hydrogen-bond acceptors (Lipinski definition) is 1. The maximum absolute atomic E-state index is 8.46. The van der Waals surface area contributed by atoms with Crippen LogP contribution in [0, 0.1) is 0 Å². The summed E-state index contributed by atoms with van der Waals surface area (Å²) in [6.45, 7) is 0. The topological polar surface area (TPSA) is 37.3 Å². The van der Waals surface area contributed by atoms with Gasteiger partial charge in [0.15, 0.2) is 0 Å². The molecule has 15 heavy (non-hydrogen) atoms. The molecule has 0 amide bonds. The molecular weight excluding hydrogens is 207 g/mol. The predicted octanol–water partition coefficient (Wildman–Crippen LogP) is 3.54. The number of hydrogen-bond donors (Lipinski definition) is 1. The van der Waals surface area contributed by atoms with Gasteiger partial charge in [0.2, 0.25) is 0 Å². The summed E-state index contributed by atoms with van der Waals surface area (Å²) in [5.74, 6) is 0. The minimum absolute atomic E-state index is 0.833. The maximum Gasteiger partial charge on any atom is 0.324 e. The first-order valence-corrected chi connectivity index (χ1v) is 5.22. The molecule has 0 bridgehead atoms. The Morgan fingerprint density at radius 2 is 1.00 bits per heavy atom. The van der Waals surface area contributed by atoms with Gasteiger partial charge in [0.05, 0.1) is 0 Å². The van der Waals surface area contributed by atoms with Crippen molar-refractivity contribution in [2.24, 2.45) is 0 Å². The Labute approximate surface area is 90.5 Å². The van der Waals surface area contributed by atoms with Crippen LogP contribution in [0.15, 0.2) is 60.7 Å². The van der Waals surface area contributed by atoms with E-state index in [4.69, 9.17) is 9.46 Å². The largest absolute Gasteiger partial charge is 0.324 e. The van der Waals surface area contributed by atoms with Crippen molar-refractivity contribution in [3.05, 3.63) is 60.7 Å². The monoisotopic (exact) mass is 218 g/mol. The van der Waals surface area contributed by atoms with Crippen LogP contribution in [-0.4, -0.2) is 4.89 Å². The molecule has 2 aromatic rings. The normalized spacial score (nSPS) is 9.13. The molecule has 0 atom stereocenters.